The van der Waals surface area contributed by atoms with E-state index in [0.29, 0.717) is 17.3 Å². The summed E-state index contributed by atoms with van der Waals surface area (Å²) in [7, 11) is -3.51. The Kier molecular flexibility index (Phi) is 6.16. The Morgan fingerprint density at radius 1 is 0.853 bits per heavy atom. The molecule has 174 valence electrons. The number of anilines is 3. The Hall–Kier alpha value is -4.05. The van der Waals surface area contributed by atoms with Crippen molar-refractivity contribution in [1.29, 1.82) is 0 Å². The summed E-state index contributed by atoms with van der Waals surface area (Å²) in [6.45, 7) is 0. The number of nitrogens with two attached hydrogens (primary N) is 2. The van der Waals surface area contributed by atoms with Gasteiger partial charge in [0.05, 0.1) is 11.7 Å². The van der Waals surface area contributed by atoms with Crippen LogP contribution in [0.15, 0.2) is 79.1 Å². The maximum atomic E-state index is 13.9. The lowest BCUT2D eigenvalue weighted by Gasteiger charge is -2.35. The third-order valence-electron chi connectivity index (χ3n) is 5.44. The third-order valence-corrected chi connectivity index (χ3v) is 6.02. The highest BCUT2D eigenvalue weighted by molar-refractivity contribution is 7.92. The van der Waals surface area contributed by atoms with Crippen LogP contribution in [0.4, 0.5) is 21.8 Å². The lowest BCUT2D eigenvalue weighted by atomic mass is 9.67. The Morgan fingerprint density at radius 2 is 1.41 bits per heavy atom. The van der Waals surface area contributed by atoms with Gasteiger partial charge in [-0.25, -0.2) is 27.8 Å². The predicted molar refractivity (Wildman–Crippen MR) is 130 cm³/mol. The van der Waals surface area contributed by atoms with Gasteiger partial charge in [-0.1, -0.05) is 30.3 Å². The van der Waals surface area contributed by atoms with Gasteiger partial charge in [-0.15, -0.1) is 0 Å². The number of benzene rings is 1. The van der Waals surface area contributed by atoms with E-state index in [9.17, 15) is 12.8 Å². The van der Waals surface area contributed by atoms with Gasteiger partial charge >= 0.3 is 0 Å². The monoisotopic (exact) mass is 478 g/mol. The van der Waals surface area contributed by atoms with E-state index in [4.69, 9.17) is 11.5 Å². The molecular weight excluding hydrogens is 455 g/mol. The fraction of sp³-hybridized carbons (Fsp3) is 0.125. The van der Waals surface area contributed by atoms with Crippen LogP contribution < -0.4 is 16.2 Å². The molecule has 34 heavy (non-hydrogen) atoms. The number of pyridine rings is 3. The summed E-state index contributed by atoms with van der Waals surface area (Å²) < 4.78 is 39.8. The standard InChI is InChI=1S/C24H23FN6O2S/c1-34(32,33)31-23-4-2-3-20(30-23)13-24(16-5-9-19(25)10-6-16,17-7-11-21(26)28-14-17)18-8-12-22(27)29-15-18/h2-12,14-15H,13H2,1H3,(H2,26,28)(H2,27,29)(H,30,31). The van der Waals surface area contributed by atoms with E-state index in [1.165, 1.54) is 12.1 Å². The second-order valence-electron chi connectivity index (χ2n) is 7.92. The molecule has 0 radical (unpaired) electrons. The molecule has 1 aromatic carbocycles. The normalized spacial score (nSPS) is 11.8. The molecule has 0 aliphatic rings. The highest BCUT2D eigenvalue weighted by Gasteiger charge is 2.38. The van der Waals surface area contributed by atoms with Gasteiger partial charge in [-0.3, -0.25) is 4.72 Å². The molecule has 3 heterocycles. The van der Waals surface area contributed by atoms with Gasteiger partial charge in [0.25, 0.3) is 0 Å². The van der Waals surface area contributed by atoms with Crippen LogP contribution in [-0.4, -0.2) is 29.6 Å². The number of nitrogens with one attached hydrogen (secondary N) is 1. The van der Waals surface area contributed by atoms with Gasteiger partial charge in [0.2, 0.25) is 10.0 Å². The summed E-state index contributed by atoms with van der Waals surface area (Å²) in [5, 5.41) is 0. The SMILES string of the molecule is CS(=O)(=O)Nc1cccc(CC(c2ccc(F)cc2)(c2ccc(N)nc2)c2ccc(N)nc2)n1. The van der Waals surface area contributed by atoms with Crippen molar-refractivity contribution >= 4 is 27.5 Å². The number of aromatic nitrogens is 3. The average molecular weight is 479 g/mol. The Morgan fingerprint density at radius 3 is 1.91 bits per heavy atom. The molecule has 0 fully saturated rings. The van der Waals surface area contributed by atoms with Crippen LogP contribution in [0.1, 0.15) is 22.4 Å². The topological polar surface area (TPSA) is 137 Å². The second-order valence-corrected chi connectivity index (χ2v) is 9.67. The molecule has 0 spiro atoms. The second kappa shape index (κ2) is 9.06. The van der Waals surface area contributed by atoms with E-state index in [-0.39, 0.29) is 18.1 Å². The molecule has 0 saturated heterocycles. The first-order valence-corrected chi connectivity index (χ1v) is 12.2. The van der Waals surface area contributed by atoms with Crippen molar-refractivity contribution in [3.63, 3.8) is 0 Å². The summed E-state index contributed by atoms with van der Waals surface area (Å²) in [4.78, 5) is 13.1. The molecule has 0 atom stereocenters. The molecule has 10 heteroatoms. The van der Waals surface area contributed by atoms with Crippen molar-refractivity contribution < 1.29 is 12.8 Å². The van der Waals surface area contributed by atoms with Crippen molar-refractivity contribution in [2.24, 2.45) is 0 Å². The molecule has 5 N–H and O–H groups in total. The van der Waals surface area contributed by atoms with Gasteiger partial charge in [0.15, 0.2) is 0 Å². The maximum absolute atomic E-state index is 13.9. The Bertz CT molecular complexity index is 1280. The van der Waals surface area contributed by atoms with E-state index < -0.39 is 15.4 Å². The van der Waals surface area contributed by atoms with Gasteiger partial charge in [-0.05, 0) is 53.1 Å². The largest absolute Gasteiger partial charge is 0.384 e. The third kappa shape index (κ3) is 4.96. The molecule has 3 aromatic heterocycles. The predicted octanol–water partition coefficient (Wildman–Crippen LogP) is 3.12. The number of halogens is 1. The van der Waals surface area contributed by atoms with Gasteiger partial charge < -0.3 is 11.5 Å². The van der Waals surface area contributed by atoms with Crippen molar-refractivity contribution in [3.05, 3.63) is 107 Å². The first-order valence-electron chi connectivity index (χ1n) is 10.3. The van der Waals surface area contributed by atoms with Crippen LogP contribution in [0.2, 0.25) is 0 Å². The Labute approximate surface area is 197 Å². The van der Waals surface area contributed by atoms with Gasteiger partial charge in [0, 0.05) is 24.5 Å². The minimum absolute atomic E-state index is 0.193. The molecule has 8 nitrogen and oxygen atoms in total. The molecule has 0 aliphatic heterocycles. The van der Waals surface area contributed by atoms with Crippen molar-refractivity contribution in [2.45, 2.75) is 11.8 Å². The number of nitrogens with zero attached hydrogens (tertiary/aromatic N) is 3. The van der Waals surface area contributed by atoms with E-state index in [2.05, 4.69) is 19.7 Å². The summed E-state index contributed by atoms with van der Waals surface area (Å²) in [6, 6.07) is 18.3. The molecule has 4 rings (SSSR count). The van der Waals surface area contributed by atoms with E-state index in [0.717, 1.165) is 22.9 Å². The highest BCUT2D eigenvalue weighted by atomic mass is 32.2. The highest BCUT2D eigenvalue weighted by Crippen LogP contribution is 2.42. The first kappa shape index (κ1) is 23.1. The van der Waals surface area contributed by atoms with Crippen molar-refractivity contribution in [2.75, 3.05) is 22.4 Å². The number of hydrogen-bond acceptors (Lipinski definition) is 7. The number of nitrogen functional groups attached to an aromatic ring is 2. The van der Waals surface area contributed by atoms with Crippen molar-refractivity contribution in [1.82, 2.24) is 15.0 Å². The number of rotatable bonds is 7. The lowest BCUT2D eigenvalue weighted by molar-refractivity contribution is 0.590. The van der Waals surface area contributed by atoms with Crippen LogP contribution in [0.25, 0.3) is 0 Å². The molecule has 0 unspecified atom stereocenters. The number of hydrogen-bond donors (Lipinski definition) is 3. The maximum Gasteiger partial charge on any atom is 0.230 e. The van der Waals surface area contributed by atoms with Crippen LogP contribution in [0, 0.1) is 5.82 Å². The zero-order valence-electron chi connectivity index (χ0n) is 18.3. The molecular formula is C24H23FN6O2S. The van der Waals surface area contributed by atoms with Crippen LogP contribution in [0.3, 0.4) is 0 Å². The molecule has 0 saturated carbocycles. The summed E-state index contributed by atoms with van der Waals surface area (Å²) in [6.07, 6.45) is 4.67. The summed E-state index contributed by atoms with van der Waals surface area (Å²) in [5.41, 5.74) is 13.7. The first-order chi connectivity index (χ1) is 16.2. The zero-order chi connectivity index (χ0) is 24.3. The van der Waals surface area contributed by atoms with Crippen LogP contribution in [-0.2, 0) is 21.9 Å². The van der Waals surface area contributed by atoms with E-state index >= 15 is 0 Å². The quantitative estimate of drug-likeness (QED) is 0.371. The molecule has 4 aromatic rings. The minimum atomic E-state index is -3.51. The van der Waals surface area contributed by atoms with E-state index in [1.54, 1.807) is 54.9 Å². The van der Waals surface area contributed by atoms with Gasteiger partial charge in [0.1, 0.15) is 23.3 Å². The van der Waals surface area contributed by atoms with Crippen LogP contribution >= 0.6 is 0 Å². The fourth-order valence-electron chi connectivity index (χ4n) is 3.95. The minimum Gasteiger partial charge on any atom is -0.384 e. The van der Waals surface area contributed by atoms with Crippen molar-refractivity contribution in [3.8, 4) is 0 Å². The smallest absolute Gasteiger partial charge is 0.230 e. The molecule has 0 amide bonds. The number of sulfonamides is 1. The molecule has 0 bridgehead atoms. The molecule has 0 aliphatic carbocycles. The van der Waals surface area contributed by atoms with Crippen LogP contribution in [0.5, 0.6) is 0 Å². The average Bonchev–Trinajstić information content (AvgIpc) is 2.78. The zero-order valence-corrected chi connectivity index (χ0v) is 19.1. The lowest BCUT2D eigenvalue weighted by Crippen LogP contribution is -2.33. The van der Waals surface area contributed by atoms with E-state index in [1.807, 2.05) is 12.1 Å². The summed E-state index contributed by atoms with van der Waals surface area (Å²) in [5.74, 6) is 0.522. The van der Waals surface area contributed by atoms with Gasteiger partial charge in [-0.2, -0.15) is 0 Å². The Balaban J connectivity index is 1.96. The summed E-state index contributed by atoms with van der Waals surface area (Å²) >= 11 is 0. The fourth-order valence-corrected chi connectivity index (χ4v) is 4.45.